The number of fused-ring (bicyclic) bond motifs is 1. The van der Waals surface area contributed by atoms with Crippen molar-refractivity contribution in [2.45, 2.75) is 6.54 Å². The number of amides is 1. The molecule has 1 heterocycles. The van der Waals surface area contributed by atoms with Crippen LogP contribution in [-0.2, 0) is 11.3 Å². The van der Waals surface area contributed by atoms with Gasteiger partial charge in [0.25, 0.3) is 5.91 Å². The molecule has 0 unspecified atom stereocenters. The largest absolute Gasteiger partial charge is 0.496 e. The van der Waals surface area contributed by atoms with Crippen molar-refractivity contribution in [3.8, 4) is 5.75 Å². The van der Waals surface area contributed by atoms with Crippen molar-refractivity contribution >= 4 is 51.1 Å². The molecule has 3 aromatic rings. The molecular weight excluding hydrogens is 374 g/mol. The topological polar surface area (TPSA) is 29.5 Å². The lowest BCUT2D eigenvalue weighted by Gasteiger charge is -2.14. The van der Waals surface area contributed by atoms with Crippen LogP contribution in [-0.4, -0.2) is 22.2 Å². The van der Waals surface area contributed by atoms with Gasteiger partial charge in [-0.25, -0.2) is 0 Å². The average Bonchev–Trinajstić information content (AvgIpc) is 2.96. The number of thioether (sulfide) groups is 1. The quantitative estimate of drug-likeness (QED) is 0.449. The molecular formula is C22H17NO2S2. The van der Waals surface area contributed by atoms with Crippen LogP contribution in [0.3, 0.4) is 0 Å². The highest BCUT2D eigenvalue weighted by atomic mass is 32.2. The van der Waals surface area contributed by atoms with Crippen molar-refractivity contribution < 1.29 is 9.53 Å². The zero-order chi connectivity index (χ0) is 18.8. The summed E-state index contributed by atoms with van der Waals surface area (Å²) < 4.78 is 6.04. The van der Waals surface area contributed by atoms with Crippen molar-refractivity contribution in [1.82, 2.24) is 4.90 Å². The molecule has 1 fully saturated rings. The van der Waals surface area contributed by atoms with E-state index in [-0.39, 0.29) is 5.91 Å². The molecule has 1 amide bonds. The summed E-state index contributed by atoms with van der Waals surface area (Å²) in [5, 5.41) is 2.07. The number of ether oxygens (including phenoxy) is 1. The van der Waals surface area contributed by atoms with Crippen LogP contribution in [0.1, 0.15) is 11.1 Å². The molecule has 134 valence electrons. The lowest BCUT2D eigenvalue weighted by molar-refractivity contribution is -0.122. The second kappa shape index (κ2) is 7.55. The molecule has 0 atom stereocenters. The highest BCUT2D eigenvalue weighted by molar-refractivity contribution is 8.26. The highest BCUT2D eigenvalue weighted by Gasteiger charge is 2.32. The number of hydrogen-bond acceptors (Lipinski definition) is 4. The Bertz CT molecular complexity index is 1060. The Morgan fingerprint density at radius 1 is 1.00 bits per heavy atom. The standard InChI is InChI=1S/C22H17NO2S2/c1-25-19-12-11-16(17-9-5-6-10-18(17)19)13-20-21(24)23(22(26)27-20)14-15-7-3-2-4-8-15/h2-13H,14H2,1H3. The molecule has 0 bridgehead atoms. The van der Waals surface area contributed by atoms with Gasteiger partial charge in [-0.1, -0.05) is 84.6 Å². The van der Waals surface area contributed by atoms with E-state index in [2.05, 4.69) is 0 Å². The Morgan fingerprint density at radius 3 is 2.44 bits per heavy atom. The first kappa shape index (κ1) is 17.8. The molecule has 3 aromatic carbocycles. The van der Waals surface area contributed by atoms with Gasteiger partial charge in [0.15, 0.2) is 0 Å². The molecule has 1 aliphatic heterocycles. The summed E-state index contributed by atoms with van der Waals surface area (Å²) in [7, 11) is 1.66. The highest BCUT2D eigenvalue weighted by Crippen LogP contribution is 2.36. The first-order chi connectivity index (χ1) is 13.2. The van der Waals surface area contributed by atoms with E-state index in [1.54, 1.807) is 12.0 Å². The number of methoxy groups -OCH3 is 1. The van der Waals surface area contributed by atoms with Crippen molar-refractivity contribution in [3.05, 3.63) is 82.8 Å². The lowest BCUT2D eigenvalue weighted by atomic mass is 10.0. The second-order valence-corrected chi connectivity index (χ2v) is 7.83. The number of nitrogens with zero attached hydrogens (tertiary/aromatic N) is 1. The zero-order valence-corrected chi connectivity index (χ0v) is 16.3. The van der Waals surface area contributed by atoms with Gasteiger partial charge < -0.3 is 4.74 Å². The van der Waals surface area contributed by atoms with Crippen molar-refractivity contribution in [3.63, 3.8) is 0 Å². The van der Waals surface area contributed by atoms with Crippen LogP contribution < -0.4 is 4.74 Å². The number of carbonyl (C=O) groups is 1. The van der Waals surface area contributed by atoms with E-state index in [1.807, 2.05) is 72.8 Å². The predicted octanol–water partition coefficient (Wildman–Crippen LogP) is 5.25. The molecule has 0 radical (unpaired) electrons. The van der Waals surface area contributed by atoms with E-state index < -0.39 is 0 Å². The molecule has 0 saturated carbocycles. The van der Waals surface area contributed by atoms with Crippen LogP contribution in [0.15, 0.2) is 71.6 Å². The van der Waals surface area contributed by atoms with Gasteiger partial charge in [-0.2, -0.15) is 0 Å². The molecule has 0 aliphatic carbocycles. The number of carbonyl (C=O) groups excluding carboxylic acids is 1. The van der Waals surface area contributed by atoms with Gasteiger partial charge in [-0.15, -0.1) is 0 Å². The monoisotopic (exact) mass is 391 g/mol. The Labute approximate surface area is 167 Å². The molecule has 0 aromatic heterocycles. The lowest BCUT2D eigenvalue weighted by Crippen LogP contribution is -2.27. The van der Waals surface area contributed by atoms with Crippen LogP contribution in [0.2, 0.25) is 0 Å². The summed E-state index contributed by atoms with van der Waals surface area (Å²) in [6.45, 7) is 0.492. The minimum absolute atomic E-state index is 0.0475. The molecule has 0 spiro atoms. The van der Waals surface area contributed by atoms with Crippen LogP contribution >= 0.6 is 24.0 Å². The van der Waals surface area contributed by atoms with Crippen LogP contribution in [0.25, 0.3) is 16.8 Å². The molecule has 3 nitrogen and oxygen atoms in total. The fourth-order valence-electron chi connectivity index (χ4n) is 3.14. The SMILES string of the molecule is COc1ccc(C=C2SC(=S)N(Cc3ccccc3)C2=O)c2ccccc12. The Hall–Kier alpha value is -2.63. The van der Waals surface area contributed by atoms with Gasteiger partial charge in [-0.3, -0.25) is 9.69 Å². The minimum Gasteiger partial charge on any atom is -0.496 e. The first-order valence-corrected chi connectivity index (χ1v) is 9.75. The second-order valence-electron chi connectivity index (χ2n) is 6.16. The third-order valence-corrected chi connectivity index (χ3v) is 5.86. The van der Waals surface area contributed by atoms with E-state index in [4.69, 9.17) is 17.0 Å². The van der Waals surface area contributed by atoms with E-state index >= 15 is 0 Å². The fourth-order valence-corrected chi connectivity index (χ4v) is 4.39. The van der Waals surface area contributed by atoms with Gasteiger partial charge in [0.05, 0.1) is 18.6 Å². The van der Waals surface area contributed by atoms with Crippen LogP contribution in [0, 0.1) is 0 Å². The summed E-state index contributed by atoms with van der Waals surface area (Å²) in [5.74, 6) is 0.771. The predicted molar refractivity (Wildman–Crippen MR) is 116 cm³/mol. The fraction of sp³-hybridized carbons (Fsp3) is 0.0909. The third-order valence-electron chi connectivity index (χ3n) is 4.48. The van der Waals surface area contributed by atoms with E-state index in [0.717, 1.165) is 27.6 Å². The Kier molecular flexibility index (Phi) is 4.97. The summed E-state index contributed by atoms with van der Waals surface area (Å²) >= 11 is 6.80. The maximum atomic E-state index is 12.9. The zero-order valence-electron chi connectivity index (χ0n) is 14.7. The maximum absolute atomic E-state index is 12.9. The molecule has 27 heavy (non-hydrogen) atoms. The smallest absolute Gasteiger partial charge is 0.266 e. The van der Waals surface area contributed by atoms with Crippen molar-refractivity contribution in [2.24, 2.45) is 0 Å². The summed E-state index contributed by atoms with van der Waals surface area (Å²) in [6, 6.07) is 21.8. The first-order valence-electron chi connectivity index (χ1n) is 8.52. The van der Waals surface area contributed by atoms with E-state index in [9.17, 15) is 4.79 Å². The number of thiocarbonyl (C=S) groups is 1. The molecule has 0 N–H and O–H groups in total. The molecule has 5 heteroatoms. The molecule has 1 aliphatic rings. The Balaban J connectivity index is 1.68. The van der Waals surface area contributed by atoms with Crippen LogP contribution in [0.4, 0.5) is 0 Å². The Morgan fingerprint density at radius 2 is 1.70 bits per heavy atom. The normalized spacial score (nSPS) is 15.7. The van der Waals surface area contributed by atoms with E-state index in [1.165, 1.54) is 11.8 Å². The van der Waals surface area contributed by atoms with Gasteiger partial charge >= 0.3 is 0 Å². The molecule has 1 saturated heterocycles. The minimum atomic E-state index is -0.0475. The van der Waals surface area contributed by atoms with E-state index in [0.29, 0.717) is 15.8 Å². The number of hydrogen-bond donors (Lipinski definition) is 0. The number of benzene rings is 3. The average molecular weight is 392 g/mol. The van der Waals surface area contributed by atoms with Crippen molar-refractivity contribution in [2.75, 3.05) is 7.11 Å². The maximum Gasteiger partial charge on any atom is 0.266 e. The van der Waals surface area contributed by atoms with Gasteiger partial charge in [0.2, 0.25) is 0 Å². The third kappa shape index (κ3) is 3.48. The number of rotatable bonds is 4. The van der Waals surface area contributed by atoms with Gasteiger partial charge in [0.1, 0.15) is 10.1 Å². The van der Waals surface area contributed by atoms with Crippen molar-refractivity contribution in [1.29, 1.82) is 0 Å². The van der Waals surface area contributed by atoms with Crippen LogP contribution in [0.5, 0.6) is 5.75 Å². The van der Waals surface area contributed by atoms with Gasteiger partial charge in [-0.05, 0) is 28.7 Å². The van der Waals surface area contributed by atoms with Gasteiger partial charge in [0, 0.05) is 5.39 Å². The summed E-state index contributed by atoms with van der Waals surface area (Å²) in [5.41, 5.74) is 2.04. The summed E-state index contributed by atoms with van der Waals surface area (Å²) in [4.78, 5) is 15.2. The molecule has 4 rings (SSSR count). The summed E-state index contributed by atoms with van der Waals surface area (Å²) in [6.07, 6.45) is 1.92.